The molecule has 0 fully saturated rings. The highest BCUT2D eigenvalue weighted by atomic mass is 19.1. The van der Waals surface area contributed by atoms with Gasteiger partial charge in [-0.2, -0.15) is 5.10 Å². The van der Waals surface area contributed by atoms with Gasteiger partial charge in [-0.15, -0.1) is 0 Å². The summed E-state index contributed by atoms with van der Waals surface area (Å²) >= 11 is 0. The molecule has 0 saturated heterocycles. The number of para-hydroxylation sites is 1. The molecule has 27 heavy (non-hydrogen) atoms. The lowest BCUT2D eigenvalue weighted by atomic mass is 10.1. The van der Waals surface area contributed by atoms with Crippen LogP contribution in [0, 0.1) is 5.82 Å². The molecule has 1 amide bonds. The maximum atomic E-state index is 13.3. The molecular formula is C21H22FN3O2. The average molecular weight is 367 g/mol. The van der Waals surface area contributed by atoms with Crippen LogP contribution in [0.25, 0.3) is 5.69 Å². The largest absolute Gasteiger partial charge is 0.439 e. The van der Waals surface area contributed by atoms with Crippen molar-refractivity contribution in [3.63, 3.8) is 0 Å². The second-order valence-electron chi connectivity index (χ2n) is 6.06. The lowest BCUT2D eigenvalue weighted by molar-refractivity contribution is -0.120. The Morgan fingerprint density at radius 1 is 1.15 bits per heavy atom. The number of carbonyl (C=O) groups is 1. The van der Waals surface area contributed by atoms with Crippen LogP contribution < -0.4 is 10.1 Å². The second kappa shape index (κ2) is 8.49. The van der Waals surface area contributed by atoms with E-state index < -0.39 is 0 Å². The van der Waals surface area contributed by atoms with Gasteiger partial charge in [-0.3, -0.25) is 4.79 Å². The molecule has 6 heteroatoms. The average Bonchev–Trinajstić information content (AvgIpc) is 3.04. The number of nitrogens with zero attached hydrogens (tertiary/aromatic N) is 2. The van der Waals surface area contributed by atoms with Crippen molar-refractivity contribution < 1.29 is 13.9 Å². The van der Waals surface area contributed by atoms with Gasteiger partial charge in [0.2, 0.25) is 11.8 Å². The third kappa shape index (κ3) is 4.34. The summed E-state index contributed by atoms with van der Waals surface area (Å²) in [6.45, 7) is 2.01. The molecule has 5 nitrogen and oxygen atoms in total. The fraction of sp³-hybridized carbons (Fsp3) is 0.238. The number of rotatable bonds is 7. The van der Waals surface area contributed by atoms with Crippen molar-refractivity contribution in [2.75, 3.05) is 7.05 Å². The summed E-state index contributed by atoms with van der Waals surface area (Å²) in [5.74, 6) is 0.863. The number of hydrogen-bond acceptors (Lipinski definition) is 3. The zero-order valence-electron chi connectivity index (χ0n) is 15.4. The Balaban J connectivity index is 2.06. The predicted molar refractivity (Wildman–Crippen MR) is 102 cm³/mol. The number of aryl methyl sites for hydroxylation is 1. The number of nitrogens with one attached hydrogen (secondary N) is 1. The minimum atomic E-state index is -0.313. The number of amides is 1. The summed E-state index contributed by atoms with van der Waals surface area (Å²) in [5, 5.41) is 7.30. The third-order valence-corrected chi connectivity index (χ3v) is 4.26. The minimum Gasteiger partial charge on any atom is -0.439 e. The minimum absolute atomic E-state index is 0.0442. The van der Waals surface area contributed by atoms with Gasteiger partial charge in [-0.25, -0.2) is 9.07 Å². The van der Waals surface area contributed by atoms with Crippen molar-refractivity contribution in [1.82, 2.24) is 15.1 Å². The Morgan fingerprint density at radius 3 is 2.48 bits per heavy atom. The first-order valence-electron chi connectivity index (χ1n) is 8.92. The Kier molecular flexibility index (Phi) is 5.86. The number of benzene rings is 2. The summed E-state index contributed by atoms with van der Waals surface area (Å²) in [5.41, 5.74) is 2.44. The van der Waals surface area contributed by atoms with E-state index in [1.165, 1.54) is 12.1 Å². The predicted octanol–water partition coefficient (Wildman–Crippen LogP) is 4.04. The van der Waals surface area contributed by atoms with Crippen LogP contribution in [0.15, 0.2) is 54.6 Å². The summed E-state index contributed by atoms with van der Waals surface area (Å²) in [6.07, 6.45) is 1.54. The van der Waals surface area contributed by atoms with Crippen molar-refractivity contribution in [1.29, 1.82) is 0 Å². The smallest absolute Gasteiger partial charge is 0.226 e. The molecule has 0 saturated carbocycles. The van der Waals surface area contributed by atoms with Gasteiger partial charge in [0, 0.05) is 19.0 Å². The molecule has 0 radical (unpaired) electrons. The number of halogens is 1. The third-order valence-electron chi connectivity index (χ3n) is 4.26. The number of ether oxygens (including phenoxy) is 1. The van der Waals surface area contributed by atoms with E-state index in [0.717, 1.165) is 11.3 Å². The summed E-state index contributed by atoms with van der Waals surface area (Å²) in [6, 6.07) is 15.5. The highest BCUT2D eigenvalue weighted by Crippen LogP contribution is 2.32. The zero-order chi connectivity index (χ0) is 19.2. The van der Waals surface area contributed by atoms with E-state index in [-0.39, 0.29) is 11.7 Å². The molecule has 1 aromatic heterocycles. The highest BCUT2D eigenvalue weighted by molar-refractivity contribution is 5.75. The Morgan fingerprint density at radius 2 is 1.85 bits per heavy atom. The van der Waals surface area contributed by atoms with E-state index in [9.17, 15) is 9.18 Å². The lowest BCUT2D eigenvalue weighted by Crippen LogP contribution is -2.18. The topological polar surface area (TPSA) is 56.2 Å². The van der Waals surface area contributed by atoms with Crippen LogP contribution in [0.5, 0.6) is 11.6 Å². The molecule has 0 bridgehead atoms. The van der Waals surface area contributed by atoms with E-state index in [2.05, 4.69) is 10.4 Å². The second-order valence-corrected chi connectivity index (χ2v) is 6.06. The van der Waals surface area contributed by atoms with Gasteiger partial charge in [-0.1, -0.05) is 25.1 Å². The van der Waals surface area contributed by atoms with Gasteiger partial charge >= 0.3 is 0 Å². The molecule has 0 unspecified atom stereocenters. The van der Waals surface area contributed by atoms with Gasteiger partial charge in [-0.05, 0) is 49.2 Å². The number of carbonyl (C=O) groups excluding carboxylic acids is 1. The summed E-state index contributed by atoms with van der Waals surface area (Å²) < 4.78 is 21.2. The van der Waals surface area contributed by atoms with Crippen LogP contribution in [0.3, 0.4) is 0 Å². The van der Waals surface area contributed by atoms with Gasteiger partial charge in [0.05, 0.1) is 11.4 Å². The standard InChI is InChI=1S/C21H22FN3O2/c1-3-19-18(13-14-20(26)23-2)21(27-17-7-5-4-6-8-17)25(24-19)16-11-9-15(22)10-12-16/h4-12H,3,13-14H2,1-2H3,(H,23,26). The molecule has 0 aliphatic carbocycles. The van der Waals surface area contributed by atoms with Gasteiger partial charge < -0.3 is 10.1 Å². The molecular weight excluding hydrogens is 345 g/mol. The molecule has 3 rings (SSSR count). The van der Waals surface area contributed by atoms with E-state index >= 15 is 0 Å². The van der Waals surface area contributed by atoms with Gasteiger partial charge in [0.25, 0.3) is 0 Å². The van der Waals surface area contributed by atoms with Crippen LogP contribution >= 0.6 is 0 Å². The van der Waals surface area contributed by atoms with Crippen LogP contribution in [-0.2, 0) is 17.6 Å². The molecule has 0 aliphatic heterocycles. The molecule has 0 spiro atoms. The van der Waals surface area contributed by atoms with Crippen molar-refractivity contribution in [2.45, 2.75) is 26.2 Å². The molecule has 1 heterocycles. The van der Waals surface area contributed by atoms with Crippen LogP contribution in [-0.4, -0.2) is 22.7 Å². The van der Waals surface area contributed by atoms with Crippen LogP contribution in [0.2, 0.25) is 0 Å². The summed E-state index contributed by atoms with van der Waals surface area (Å²) in [7, 11) is 1.62. The van der Waals surface area contributed by atoms with E-state index in [4.69, 9.17) is 4.74 Å². The normalized spacial score (nSPS) is 10.6. The van der Waals surface area contributed by atoms with Crippen molar-refractivity contribution in [3.05, 3.63) is 71.7 Å². The fourth-order valence-corrected chi connectivity index (χ4v) is 2.84. The molecule has 2 aromatic carbocycles. The molecule has 0 atom stereocenters. The SMILES string of the molecule is CCc1nn(-c2ccc(F)cc2)c(Oc2ccccc2)c1CCC(=O)NC. The lowest BCUT2D eigenvalue weighted by Gasteiger charge is -2.11. The van der Waals surface area contributed by atoms with E-state index in [0.29, 0.717) is 36.6 Å². The Bertz CT molecular complexity index is 905. The van der Waals surface area contributed by atoms with Crippen molar-refractivity contribution in [2.24, 2.45) is 0 Å². The molecule has 140 valence electrons. The van der Waals surface area contributed by atoms with Gasteiger partial charge in [0.15, 0.2) is 0 Å². The first-order chi connectivity index (χ1) is 13.1. The van der Waals surface area contributed by atoms with Crippen LogP contribution in [0.1, 0.15) is 24.6 Å². The molecule has 1 N–H and O–H groups in total. The maximum Gasteiger partial charge on any atom is 0.226 e. The maximum absolute atomic E-state index is 13.3. The zero-order valence-corrected chi connectivity index (χ0v) is 15.4. The quantitative estimate of drug-likeness (QED) is 0.686. The van der Waals surface area contributed by atoms with Crippen LogP contribution in [0.4, 0.5) is 4.39 Å². The monoisotopic (exact) mass is 367 g/mol. The van der Waals surface area contributed by atoms with Crippen molar-refractivity contribution >= 4 is 5.91 Å². The van der Waals surface area contributed by atoms with E-state index in [1.54, 1.807) is 23.9 Å². The molecule has 0 aliphatic rings. The number of aromatic nitrogens is 2. The van der Waals surface area contributed by atoms with E-state index in [1.807, 2.05) is 37.3 Å². The Hall–Kier alpha value is -3.15. The highest BCUT2D eigenvalue weighted by Gasteiger charge is 2.21. The summed E-state index contributed by atoms with van der Waals surface area (Å²) in [4.78, 5) is 11.7. The van der Waals surface area contributed by atoms with Gasteiger partial charge in [0.1, 0.15) is 11.6 Å². The molecule has 3 aromatic rings. The first kappa shape index (κ1) is 18.6. The van der Waals surface area contributed by atoms with Crippen molar-refractivity contribution in [3.8, 4) is 17.3 Å². The Labute approximate surface area is 157 Å². The first-order valence-corrected chi connectivity index (χ1v) is 8.92. The fourth-order valence-electron chi connectivity index (χ4n) is 2.84. The number of hydrogen-bond donors (Lipinski definition) is 1.